The minimum atomic E-state index is -0.500. The minimum absolute atomic E-state index is 0.0503. The van der Waals surface area contributed by atoms with E-state index in [1.165, 1.54) is 18.2 Å². The van der Waals surface area contributed by atoms with Crippen LogP contribution in [0.2, 0.25) is 0 Å². The van der Waals surface area contributed by atoms with Gasteiger partial charge in [0.25, 0.3) is 5.69 Å². The highest BCUT2D eigenvalue weighted by Crippen LogP contribution is 2.23. The number of nitro groups is 1. The number of non-ortho nitro benzene ring substituents is 1. The van der Waals surface area contributed by atoms with Crippen molar-refractivity contribution in [3.05, 3.63) is 33.9 Å². The summed E-state index contributed by atoms with van der Waals surface area (Å²) in [5.41, 5.74) is 0.357. The summed E-state index contributed by atoms with van der Waals surface area (Å²) in [4.78, 5) is 10.1. The molecule has 0 saturated carbocycles. The molecule has 5 heteroatoms. The van der Waals surface area contributed by atoms with Crippen LogP contribution in [0.25, 0.3) is 0 Å². The van der Waals surface area contributed by atoms with E-state index < -0.39 is 4.92 Å². The molecule has 1 rings (SSSR count). The summed E-state index contributed by atoms with van der Waals surface area (Å²) in [6.07, 6.45) is 0. The molecule has 0 bridgehead atoms. The summed E-state index contributed by atoms with van der Waals surface area (Å²) in [6.45, 7) is 1.96. The highest BCUT2D eigenvalue weighted by atomic mass is 16.6. The van der Waals surface area contributed by atoms with Crippen molar-refractivity contribution >= 4 is 5.69 Å². The molecule has 0 heterocycles. The Morgan fingerprint density at radius 3 is 2.88 bits per heavy atom. The van der Waals surface area contributed by atoms with E-state index in [9.17, 15) is 10.1 Å². The van der Waals surface area contributed by atoms with Crippen molar-refractivity contribution in [3.8, 4) is 17.6 Å². The molecule has 0 radical (unpaired) electrons. The number of benzene rings is 1. The van der Waals surface area contributed by atoms with Gasteiger partial charge in [0.1, 0.15) is 12.4 Å². The predicted molar refractivity (Wildman–Crippen MR) is 58.2 cm³/mol. The highest BCUT2D eigenvalue weighted by molar-refractivity contribution is 5.52. The van der Waals surface area contributed by atoms with Crippen LogP contribution in [-0.2, 0) is 0 Å². The van der Waals surface area contributed by atoms with Crippen LogP contribution in [0.1, 0.15) is 12.5 Å². The molecule has 0 amide bonds. The van der Waals surface area contributed by atoms with Crippen LogP contribution in [0.15, 0.2) is 18.2 Å². The van der Waals surface area contributed by atoms with Gasteiger partial charge in [-0.05, 0) is 13.0 Å². The second-order valence-corrected chi connectivity index (χ2v) is 2.83. The number of ether oxygens (including phenoxy) is 1. The predicted octanol–water partition coefficient (Wildman–Crippen LogP) is 1.34. The van der Waals surface area contributed by atoms with Crippen LogP contribution in [0, 0.1) is 22.0 Å². The fourth-order valence-electron chi connectivity index (χ4n) is 1.15. The lowest BCUT2D eigenvalue weighted by atomic mass is 10.2. The van der Waals surface area contributed by atoms with E-state index in [-0.39, 0.29) is 12.3 Å². The molecule has 0 saturated heterocycles. The molecule has 0 spiro atoms. The third kappa shape index (κ3) is 2.97. The summed E-state index contributed by atoms with van der Waals surface area (Å²) in [6, 6.07) is 4.19. The fraction of sp³-hybridized carbons (Fsp3) is 0.273. The first-order valence-electron chi connectivity index (χ1n) is 4.70. The Balaban J connectivity index is 3.15. The zero-order chi connectivity index (χ0) is 12.0. The molecule has 0 aromatic heterocycles. The van der Waals surface area contributed by atoms with Crippen LogP contribution in [0.5, 0.6) is 5.75 Å². The standard InChI is InChI=1S/C11H11NO4/c1-2-16-11-6-5-10(12(14)15)8-9(11)4-3-7-13/h5-6,8,13H,2,7H2,1H3. The normalized spacial score (nSPS) is 9.12. The number of aliphatic hydroxyl groups excluding tert-OH is 1. The Bertz CT molecular complexity index is 445. The molecule has 0 atom stereocenters. The van der Waals surface area contributed by atoms with Gasteiger partial charge in [0, 0.05) is 12.1 Å². The number of nitro benzene ring substituents is 1. The van der Waals surface area contributed by atoms with Crippen LogP contribution < -0.4 is 4.74 Å². The topological polar surface area (TPSA) is 72.6 Å². The van der Waals surface area contributed by atoms with Gasteiger partial charge in [-0.1, -0.05) is 11.8 Å². The molecule has 0 unspecified atom stereocenters. The van der Waals surface area contributed by atoms with E-state index in [0.29, 0.717) is 17.9 Å². The third-order valence-electron chi connectivity index (χ3n) is 1.78. The second-order valence-electron chi connectivity index (χ2n) is 2.83. The van der Waals surface area contributed by atoms with Gasteiger partial charge in [0.05, 0.1) is 17.1 Å². The van der Waals surface area contributed by atoms with E-state index in [2.05, 4.69) is 11.8 Å². The van der Waals surface area contributed by atoms with Crippen molar-refractivity contribution < 1.29 is 14.8 Å². The van der Waals surface area contributed by atoms with Gasteiger partial charge in [0.15, 0.2) is 0 Å². The summed E-state index contributed by atoms with van der Waals surface area (Å²) in [5, 5.41) is 19.1. The van der Waals surface area contributed by atoms with Crippen LogP contribution in [-0.4, -0.2) is 23.2 Å². The lowest BCUT2D eigenvalue weighted by Crippen LogP contribution is -1.96. The maximum atomic E-state index is 10.6. The Hall–Kier alpha value is -2.06. The van der Waals surface area contributed by atoms with Crippen molar-refractivity contribution in [3.63, 3.8) is 0 Å². The van der Waals surface area contributed by atoms with E-state index in [1.807, 2.05) is 6.92 Å². The maximum Gasteiger partial charge on any atom is 0.270 e. The number of rotatable bonds is 3. The molecule has 0 aliphatic carbocycles. The molecule has 0 aliphatic rings. The molecule has 0 fully saturated rings. The molecule has 84 valence electrons. The molecule has 1 aromatic carbocycles. The van der Waals surface area contributed by atoms with E-state index >= 15 is 0 Å². The summed E-state index contributed by atoms with van der Waals surface area (Å²) >= 11 is 0. The lowest BCUT2D eigenvalue weighted by molar-refractivity contribution is -0.384. The number of aliphatic hydroxyl groups is 1. The Morgan fingerprint density at radius 2 is 2.31 bits per heavy atom. The first-order chi connectivity index (χ1) is 7.69. The summed E-state index contributed by atoms with van der Waals surface area (Å²) in [7, 11) is 0. The van der Waals surface area contributed by atoms with Gasteiger partial charge < -0.3 is 9.84 Å². The van der Waals surface area contributed by atoms with E-state index in [4.69, 9.17) is 9.84 Å². The first kappa shape index (κ1) is 12.0. The van der Waals surface area contributed by atoms with Crippen LogP contribution in [0.4, 0.5) is 5.69 Å². The molecular weight excluding hydrogens is 210 g/mol. The molecule has 1 aromatic rings. The molecule has 5 nitrogen and oxygen atoms in total. The molecular formula is C11H11NO4. The molecule has 16 heavy (non-hydrogen) atoms. The number of hydrogen-bond acceptors (Lipinski definition) is 4. The van der Waals surface area contributed by atoms with Gasteiger partial charge in [-0.15, -0.1) is 0 Å². The van der Waals surface area contributed by atoms with Gasteiger partial charge in [-0.3, -0.25) is 10.1 Å². The van der Waals surface area contributed by atoms with Crippen LogP contribution >= 0.6 is 0 Å². The van der Waals surface area contributed by atoms with Crippen LogP contribution in [0.3, 0.4) is 0 Å². The van der Waals surface area contributed by atoms with Gasteiger partial charge in [0.2, 0.25) is 0 Å². The average Bonchev–Trinajstić information content (AvgIpc) is 2.27. The third-order valence-corrected chi connectivity index (χ3v) is 1.78. The van der Waals surface area contributed by atoms with E-state index in [0.717, 1.165) is 0 Å². The van der Waals surface area contributed by atoms with Crippen molar-refractivity contribution in [1.82, 2.24) is 0 Å². The fourth-order valence-corrected chi connectivity index (χ4v) is 1.15. The Labute approximate surface area is 92.8 Å². The average molecular weight is 221 g/mol. The minimum Gasteiger partial charge on any atom is -0.493 e. The largest absolute Gasteiger partial charge is 0.493 e. The van der Waals surface area contributed by atoms with Crippen molar-refractivity contribution in [2.75, 3.05) is 13.2 Å². The summed E-state index contributed by atoms with van der Waals surface area (Å²) < 4.78 is 5.26. The smallest absolute Gasteiger partial charge is 0.270 e. The van der Waals surface area contributed by atoms with Gasteiger partial charge >= 0.3 is 0 Å². The van der Waals surface area contributed by atoms with Crippen molar-refractivity contribution in [1.29, 1.82) is 0 Å². The molecule has 0 aliphatic heterocycles. The second kappa shape index (κ2) is 5.73. The Morgan fingerprint density at radius 1 is 1.56 bits per heavy atom. The monoisotopic (exact) mass is 221 g/mol. The summed E-state index contributed by atoms with van der Waals surface area (Å²) in [5.74, 6) is 5.53. The SMILES string of the molecule is CCOc1ccc([N+](=O)[O-])cc1C#CCO. The van der Waals surface area contributed by atoms with E-state index in [1.54, 1.807) is 0 Å². The zero-order valence-corrected chi connectivity index (χ0v) is 8.77. The highest BCUT2D eigenvalue weighted by Gasteiger charge is 2.09. The lowest BCUT2D eigenvalue weighted by Gasteiger charge is -2.04. The Kier molecular flexibility index (Phi) is 4.30. The quantitative estimate of drug-likeness (QED) is 0.475. The van der Waals surface area contributed by atoms with Crippen molar-refractivity contribution in [2.45, 2.75) is 6.92 Å². The van der Waals surface area contributed by atoms with Gasteiger partial charge in [-0.25, -0.2) is 0 Å². The molecule has 1 N–H and O–H groups in total. The zero-order valence-electron chi connectivity index (χ0n) is 8.77. The number of nitrogens with zero attached hydrogens (tertiary/aromatic N) is 1. The van der Waals surface area contributed by atoms with Gasteiger partial charge in [-0.2, -0.15) is 0 Å². The first-order valence-corrected chi connectivity index (χ1v) is 4.70. The van der Waals surface area contributed by atoms with Crippen molar-refractivity contribution in [2.24, 2.45) is 0 Å². The maximum absolute atomic E-state index is 10.6. The number of hydrogen-bond donors (Lipinski definition) is 1.